The highest BCUT2D eigenvalue weighted by Gasteiger charge is 2.38. The average molecular weight is 603 g/mol. The molecule has 3 atom stereocenters. The SMILES string of the molecule is CC(C)[C@@H](C(=O)N[C@H](C#N)Cc1ccc(C#N)cc1F)N(CC(F)(F)F)c1ccc(-c2ccc([C@@H](O)C(F)F)cc2)cc1. The fourth-order valence-corrected chi connectivity index (χ4v) is 4.60. The van der Waals surface area contributed by atoms with E-state index in [-0.39, 0.29) is 28.8 Å². The third-order valence-electron chi connectivity index (χ3n) is 6.69. The van der Waals surface area contributed by atoms with Crippen molar-refractivity contribution in [3.05, 3.63) is 89.2 Å². The van der Waals surface area contributed by atoms with Gasteiger partial charge >= 0.3 is 6.18 Å². The van der Waals surface area contributed by atoms with Gasteiger partial charge in [0, 0.05) is 12.1 Å². The number of aliphatic hydroxyl groups excluding tert-OH is 1. The number of benzene rings is 3. The van der Waals surface area contributed by atoms with Crippen LogP contribution >= 0.6 is 0 Å². The van der Waals surface area contributed by atoms with Crippen molar-refractivity contribution in [3.63, 3.8) is 0 Å². The molecule has 0 heterocycles. The highest BCUT2D eigenvalue weighted by Crippen LogP contribution is 2.31. The molecular weight excluding hydrogens is 574 g/mol. The van der Waals surface area contributed by atoms with E-state index in [0.717, 1.165) is 11.0 Å². The van der Waals surface area contributed by atoms with Gasteiger partial charge in [0.1, 0.15) is 30.5 Å². The van der Waals surface area contributed by atoms with Gasteiger partial charge in [-0.05, 0) is 52.4 Å². The molecule has 0 aliphatic carbocycles. The standard InChI is InChI=1S/C31H28F6N4O2/c1-18(2)27(30(43)40-24(16-39)14-23-4-3-19(15-38)13-26(23)32)41(17-31(35,36)37)25-11-9-21(10-12-25)20-5-7-22(8-6-20)28(42)29(33)34/h3-13,18,24,27-29,42H,14,17H2,1-2H3,(H,40,43)/t24-,27-,28+/m0/s1. The second kappa shape index (κ2) is 14.1. The van der Waals surface area contributed by atoms with Gasteiger partial charge in [-0.2, -0.15) is 23.7 Å². The summed E-state index contributed by atoms with van der Waals surface area (Å²) < 4.78 is 81.2. The van der Waals surface area contributed by atoms with E-state index in [2.05, 4.69) is 5.32 Å². The normalized spacial score (nSPS) is 13.6. The van der Waals surface area contributed by atoms with Crippen molar-refractivity contribution >= 4 is 11.6 Å². The van der Waals surface area contributed by atoms with Crippen molar-refractivity contribution in [1.29, 1.82) is 10.5 Å². The van der Waals surface area contributed by atoms with Crippen molar-refractivity contribution in [3.8, 4) is 23.3 Å². The Morgan fingerprint density at radius 2 is 1.56 bits per heavy atom. The summed E-state index contributed by atoms with van der Waals surface area (Å²) in [5.41, 5.74) is 1.29. The van der Waals surface area contributed by atoms with E-state index in [1.165, 1.54) is 60.7 Å². The van der Waals surface area contributed by atoms with E-state index in [1.807, 2.05) is 6.07 Å². The molecule has 6 nitrogen and oxygen atoms in total. The summed E-state index contributed by atoms with van der Waals surface area (Å²) in [6.07, 6.45) is -9.88. The van der Waals surface area contributed by atoms with Gasteiger partial charge in [-0.15, -0.1) is 0 Å². The minimum atomic E-state index is -4.70. The number of nitrogens with one attached hydrogen (secondary N) is 1. The number of anilines is 1. The van der Waals surface area contributed by atoms with Crippen LogP contribution < -0.4 is 10.2 Å². The molecule has 0 unspecified atom stereocenters. The predicted octanol–water partition coefficient (Wildman–Crippen LogP) is 6.31. The summed E-state index contributed by atoms with van der Waals surface area (Å²) in [5.74, 6) is -2.27. The van der Waals surface area contributed by atoms with Gasteiger partial charge in [-0.25, -0.2) is 13.2 Å². The first-order valence-corrected chi connectivity index (χ1v) is 13.1. The molecule has 0 radical (unpaired) electrons. The highest BCUT2D eigenvalue weighted by atomic mass is 19.4. The Balaban J connectivity index is 1.87. The highest BCUT2D eigenvalue weighted by molar-refractivity contribution is 5.86. The molecule has 43 heavy (non-hydrogen) atoms. The lowest BCUT2D eigenvalue weighted by Crippen LogP contribution is -2.55. The Hall–Kier alpha value is -4.55. The first-order valence-electron chi connectivity index (χ1n) is 13.1. The lowest BCUT2D eigenvalue weighted by atomic mass is 9.98. The van der Waals surface area contributed by atoms with E-state index in [9.17, 15) is 41.5 Å². The van der Waals surface area contributed by atoms with Gasteiger partial charge in [0.2, 0.25) is 5.91 Å². The second-order valence-corrected chi connectivity index (χ2v) is 10.2. The van der Waals surface area contributed by atoms with Crippen LogP contribution in [0.3, 0.4) is 0 Å². The topological polar surface area (TPSA) is 100 Å². The molecule has 3 aromatic carbocycles. The molecular formula is C31H28F6N4O2. The minimum absolute atomic E-state index is 0.00936. The number of nitriles is 2. The molecule has 0 aliphatic rings. The van der Waals surface area contributed by atoms with Crippen LogP contribution in [0.1, 0.15) is 36.6 Å². The first-order chi connectivity index (χ1) is 20.2. The zero-order valence-electron chi connectivity index (χ0n) is 23.1. The second-order valence-electron chi connectivity index (χ2n) is 10.2. The van der Waals surface area contributed by atoms with Gasteiger partial charge in [-0.3, -0.25) is 4.79 Å². The van der Waals surface area contributed by atoms with Gasteiger partial charge in [-0.1, -0.05) is 56.3 Å². The molecule has 2 N–H and O–H groups in total. The fraction of sp³-hybridized carbons (Fsp3) is 0.323. The Morgan fingerprint density at radius 1 is 0.977 bits per heavy atom. The Kier molecular flexibility index (Phi) is 10.8. The van der Waals surface area contributed by atoms with Crippen molar-refractivity contribution < 1.29 is 36.2 Å². The molecule has 0 bridgehead atoms. The van der Waals surface area contributed by atoms with Gasteiger partial charge < -0.3 is 15.3 Å². The van der Waals surface area contributed by atoms with Crippen LogP contribution in [0.2, 0.25) is 0 Å². The maximum Gasteiger partial charge on any atom is 0.405 e. The molecule has 0 fully saturated rings. The third kappa shape index (κ3) is 8.72. The minimum Gasteiger partial charge on any atom is -0.382 e. The molecule has 0 saturated heterocycles. The number of hydrogen-bond donors (Lipinski definition) is 2. The maximum absolute atomic E-state index is 14.4. The molecule has 12 heteroatoms. The van der Waals surface area contributed by atoms with Crippen molar-refractivity contribution in [2.45, 2.75) is 51.1 Å². The van der Waals surface area contributed by atoms with Crippen LogP contribution in [0.5, 0.6) is 0 Å². The zero-order chi connectivity index (χ0) is 31.9. The molecule has 0 spiro atoms. The van der Waals surface area contributed by atoms with Crippen molar-refractivity contribution in [2.24, 2.45) is 5.92 Å². The third-order valence-corrected chi connectivity index (χ3v) is 6.69. The number of carbonyl (C=O) groups excluding carboxylic acids is 1. The smallest absolute Gasteiger partial charge is 0.382 e. The molecule has 1 amide bonds. The molecule has 226 valence electrons. The Bertz CT molecular complexity index is 1480. The summed E-state index contributed by atoms with van der Waals surface area (Å²) in [7, 11) is 0. The lowest BCUT2D eigenvalue weighted by molar-refractivity contribution is -0.128. The summed E-state index contributed by atoms with van der Waals surface area (Å²) in [6, 6.07) is 16.1. The molecule has 3 rings (SSSR count). The predicted molar refractivity (Wildman–Crippen MR) is 147 cm³/mol. The van der Waals surface area contributed by atoms with Crippen molar-refractivity contribution in [2.75, 3.05) is 11.4 Å². The number of carbonyl (C=O) groups is 1. The number of nitrogens with zero attached hydrogens (tertiary/aromatic N) is 3. The van der Waals surface area contributed by atoms with Crippen LogP contribution in [0.25, 0.3) is 11.1 Å². The number of amides is 1. The fourth-order valence-electron chi connectivity index (χ4n) is 4.60. The van der Waals surface area contributed by atoms with Crippen molar-refractivity contribution in [1.82, 2.24) is 5.32 Å². The average Bonchev–Trinajstić information content (AvgIpc) is 2.96. The van der Waals surface area contributed by atoms with Crippen LogP contribution in [-0.4, -0.2) is 42.2 Å². The monoisotopic (exact) mass is 602 g/mol. The molecule has 0 saturated carbocycles. The van der Waals surface area contributed by atoms with Gasteiger partial charge in [0.05, 0.1) is 17.7 Å². The first kappa shape index (κ1) is 33.0. The Morgan fingerprint density at radius 3 is 2.02 bits per heavy atom. The van der Waals surface area contributed by atoms with Crippen LogP contribution in [0.15, 0.2) is 66.7 Å². The zero-order valence-corrected chi connectivity index (χ0v) is 23.1. The quantitative estimate of drug-likeness (QED) is 0.251. The number of hydrogen-bond acceptors (Lipinski definition) is 5. The maximum atomic E-state index is 14.4. The summed E-state index contributed by atoms with van der Waals surface area (Å²) in [4.78, 5) is 14.2. The number of alkyl halides is 5. The summed E-state index contributed by atoms with van der Waals surface area (Å²) in [5, 5.41) is 30.5. The van der Waals surface area contributed by atoms with E-state index < -0.39 is 55.0 Å². The van der Waals surface area contributed by atoms with Crippen LogP contribution in [0.4, 0.5) is 32.0 Å². The van der Waals surface area contributed by atoms with Crippen LogP contribution in [-0.2, 0) is 11.2 Å². The lowest BCUT2D eigenvalue weighted by Gasteiger charge is -2.36. The molecule has 0 aliphatic heterocycles. The van der Waals surface area contributed by atoms with E-state index in [4.69, 9.17) is 5.26 Å². The number of rotatable bonds is 11. The van der Waals surface area contributed by atoms with Crippen LogP contribution in [0, 0.1) is 34.4 Å². The summed E-state index contributed by atoms with van der Waals surface area (Å²) in [6.45, 7) is 1.63. The van der Waals surface area contributed by atoms with Gasteiger partial charge in [0.15, 0.2) is 0 Å². The Labute approximate surface area is 244 Å². The van der Waals surface area contributed by atoms with E-state index in [0.29, 0.717) is 11.1 Å². The number of aliphatic hydroxyl groups is 1. The largest absolute Gasteiger partial charge is 0.405 e. The molecule has 3 aromatic rings. The van der Waals surface area contributed by atoms with E-state index in [1.54, 1.807) is 19.9 Å². The van der Waals surface area contributed by atoms with Gasteiger partial charge in [0.25, 0.3) is 6.43 Å². The number of halogens is 6. The van der Waals surface area contributed by atoms with E-state index >= 15 is 0 Å². The molecule has 0 aromatic heterocycles. The summed E-state index contributed by atoms with van der Waals surface area (Å²) >= 11 is 0.